The van der Waals surface area contributed by atoms with E-state index in [9.17, 15) is 14.3 Å². The second-order valence-electron chi connectivity index (χ2n) is 9.99. The zero-order valence-electron chi connectivity index (χ0n) is 21.1. The van der Waals surface area contributed by atoms with Crippen molar-refractivity contribution in [2.45, 2.75) is 50.2 Å². The van der Waals surface area contributed by atoms with Crippen LogP contribution in [0.25, 0.3) is 0 Å². The number of piperidine rings is 1. The number of nitrogens with two attached hydrogens (primary N) is 1. The molecule has 2 aliphatic rings. The first-order valence-electron chi connectivity index (χ1n) is 12.9. The van der Waals surface area contributed by atoms with Crippen molar-refractivity contribution >= 4 is 6.03 Å². The molecule has 0 radical (unpaired) electrons. The van der Waals surface area contributed by atoms with Crippen LogP contribution in [-0.4, -0.2) is 66.9 Å². The normalized spacial score (nSPS) is 21.9. The Morgan fingerprint density at radius 2 is 1.83 bits per heavy atom. The number of unbranched alkanes of at least 4 members (excludes halogenated alkanes) is 1. The molecule has 196 valence electrons. The molecule has 4 rings (SSSR count). The van der Waals surface area contributed by atoms with E-state index < -0.39 is 5.60 Å². The number of urea groups is 1. The summed E-state index contributed by atoms with van der Waals surface area (Å²) in [5.74, 6) is 0.534. The lowest BCUT2D eigenvalue weighted by molar-refractivity contribution is -0.0586. The van der Waals surface area contributed by atoms with Gasteiger partial charge in [0.2, 0.25) is 0 Å². The molecule has 2 saturated heterocycles. The highest BCUT2D eigenvalue weighted by Gasteiger charge is 2.43. The third-order valence-electron chi connectivity index (χ3n) is 7.41. The molecule has 3 atom stereocenters. The Kier molecular flexibility index (Phi) is 8.82. The fraction of sp³-hybridized carbons (Fsp3) is 0.536. The Morgan fingerprint density at radius 1 is 1.08 bits per heavy atom. The van der Waals surface area contributed by atoms with Gasteiger partial charge in [-0.25, -0.2) is 9.18 Å². The molecule has 2 heterocycles. The van der Waals surface area contributed by atoms with Crippen LogP contribution in [0.4, 0.5) is 9.18 Å². The summed E-state index contributed by atoms with van der Waals surface area (Å²) in [4.78, 5) is 16.9. The van der Waals surface area contributed by atoms with Crippen molar-refractivity contribution in [2.24, 2.45) is 11.7 Å². The zero-order chi connectivity index (χ0) is 25.5. The first-order valence-corrected chi connectivity index (χ1v) is 12.9. The lowest BCUT2D eigenvalue weighted by Crippen LogP contribution is -2.51. The van der Waals surface area contributed by atoms with E-state index in [1.807, 2.05) is 34.1 Å². The van der Waals surface area contributed by atoms with Crippen molar-refractivity contribution in [1.82, 2.24) is 9.80 Å². The Hall–Kier alpha value is -2.68. The monoisotopic (exact) mass is 499 g/mol. The largest absolute Gasteiger partial charge is 0.457 e. The number of para-hydroxylation sites is 1. The highest BCUT2D eigenvalue weighted by atomic mass is 19.1. The van der Waals surface area contributed by atoms with Crippen LogP contribution in [0.15, 0.2) is 48.5 Å². The number of hydrogen-bond acceptors (Lipinski definition) is 5. The van der Waals surface area contributed by atoms with E-state index in [0.717, 1.165) is 32.1 Å². The molecule has 2 aromatic carbocycles. The van der Waals surface area contributed by atoms with Gasteiger partial charge in [-0.2, -0.15) is 0 Å². The van der Waals surface area contributed by atoms with Crippen molar-refractivity contribution in [3.05, 3.63) is 59.9 Å². The van der Waals surface area contributed by atoms with Crippen LogP contribution in [0.5, 0.6) is 11.5 Å². The van der Waals surface area contributed by atoms with Crippen molar-refractivity contribution < 1.29 is 23.8 Å². The molecule has 0 aromatic heterocycles. The number of carbonyl (C=O) groups excluding carboxylic acids is 1. The predicted molar refractivity (Wildman–Crippen MR) is 136 cm³/mol. The molecule has 2 amide bonds. The number of methoxy groups -OCH3 is 1. The number of benzene rings is 2. The van der Waals surface area contributed by atoms with Crippen molar-refractivity contribution in [1.29, 1.82) is 0 Å². The minimum absolute atomic E-state index is 0.00484. The highest BCUT2D eigenvalue weighted by molar-refractivity contribution is 5.75. The molecule has 0 aliphatic carbocycles. The summed E-state index contributed by atoms with van der Waals surface area (Å²) in [6.45, 7) is 3.02. The summed E-state index contributed by atoms with van der Waals surface area (Å²) < 4.78 is 24.8. The van der Waals surface area contributed by atoms with Crippen molar-refractivity contribution in [2.75, 3.05) is 39.9 Å². The maximum Gasteiger partial charge on any atom is 0.320 e. The van der Waals surface area contributed by atoms with Gasteiger partial charge in [-0.1, -0.05) is 18.2 Å². The number of rotatable bonds is 9. The number of aliphatic hydroxyl groups is 1. The van der Waals surface area contributed by atoms with Crippen LogP contribution in [0.1, 0.15) is 44.1 Å². The summed E-state index contributed by atoms with van der Waals surface area (Å²) >= 11 is 0. The molecule has 36 heavy (non-hydrogen) atoms. The van der Waals surface area contributed by atoms with E-state index >= 15 is 0 Å². The fourth-order valence-corrected chi connectivity index (χ4v) is 5.44. The molecule has 0 spiro atoms. The molecule has 0 bridgehead atoms. The van der Waals surface area contributed by atoms with Crippen LogP contribution in [0, 0.1) is 11.7 Å². The average molecular weight is 500 g/mol. The molecule has 8 heteroatoms. The summed E-state index contributed by atoms with van der Waals surface area (Å²) in [6, 6.07) is 13.4. The quantitative estimate of drug-likeness (QED) is 0.497. The average Bonchev–Trinajstić information content (AvgIpc) is 3.34. The van der Waals surface area contributed by atoms with Gasteiger partial charge in [0.05, 0.1) is 5.60 Å². The van der Waals surface area contributed by atoms with Gasteiger partial charge in [0.1, 0.15) is 17.3 Å². The van der Waals surface area contributed by atoms with Crippen molar-refractivity contribution in [3.8, 4) is 11.5 Å². The predicted octanol–water partition coefficient (Wildman–Crippen LogP) is 4.49. The molecule has 3 N–H and O–H groups in total. The smallest absolute Gasteiger partial charge is 0.320 e. The van der Waals surface area contributed by atoms with Gasteiger partial charge in [0.25, 0.3) is 0 Å². The number of likely N-dealkylation sites (tertiary alicyclic amines) is 2. The topological polar surface area (TPSA) is 88.3 Å². The minimum Gasteiger partial charge on any atom is -0.457 e. The first kappa shape index (κ1) is 26.4. The number of amides is 2. The van der Waals surface area contributed by atoms with E-state index in [1.54, 1.807) is 19.2 Å². The van der Waals surface area contributed by atoms with Gasteiger partial charge >= 0.3 is 6.03 Å². The van der Waals surface area contributed by atoms with Crippen LogP contribution in [0.3, 0.4) is 0 Å². The fourth-order valence-electron chi connectivity index (χ4n) is 5.44. The van der Waals surface area contributed by atoms with Crippen LogP contribution < -0.4 is 10.5 Å². The molecule has 7 nitrogen and oxygen atoms in total. The van der Waals surface area contributed by atoms with E-state index in [0.29, 0.717) is 56.3 Å². The van der Waals surface area contributed by atoms with Gasteiger partial charge in [-0.15, -0.1) is 0 Å². The lowest BCUT2D eigenvalue weighted by atomic mass is 9.73. The van der Waals surface area contributed by atoms with E-state index in [1.165, 1.54) is 12.1 Å². The van der Waals surface area contributed by atoms with Crippen molar-refractivity contribution in [3.63, 3.8) is 0 Å². The SMILES string of the molecule is COCCCC[C@@](O)(c1ccccc1Oc1ccc(F)cc1)C1CCCN(C(=O)N2CCC(N)C2)C1. The maximum atomic E-state index is 13.4. The molecular weight excluding hydrogens is 461 g/mol. The highest BCUT2D eigenvalue weighted by Crippen LogP contribution is 2.44. The van der Waals surface area contributed by atoms with E-state index in [-0.39, 0.29) is 23.8 Å². The third kappa shape index (κ3) is 6.17. The summed E-state index contributed by atoms with van der Waals surface area (Å²) in [5.41, 5.74) is 5.52. The number of halogens is 1. The molecule has 2 aromatic rings. The van der Waals surface area contributed by atoms with E-state index in [2.05, 4.69) is 0 Å². The van der Waals surface area contributed by atoms with E-state index in [4.69, 9.17) is 15.2 Å². The van der Waals surface area contributed by atoms with Gasteiger partial charge in [0, 0.05) is 57.4 Å². The third-order valence-corrected chi connectivity index (χ3v) is 7.41. The Morgan fingerprint density at radius 3 is 2.56 bits per heavy atom. The van der Waals surface area contributed by atoms with Gasteiger partial charge in [-0.05, 0) is 68.9 Å². The standard InChI is InChI=1S/C28H38FN3O4/c1-35-18-5-4-15-28(34,21-7-6-16-31(19-21)27(33)32-17-14-23(30)20-32)25-8-2-3-9-26(25)36-24-12-10-22(29)11-13-24/h2-3,8-13,21,23,34H,4-7,14-20,30H2,1H3/t21?,23?,28-/m0/s1. The van der Waals surface area contributed by atoms with Crippen LogP contribution >= 0.6 is 0 Å². The van der Waals surface area contributed by atoms with Gasteiger partial charge in [0.15, 0.2) is 0 Å². The second-order valence-corrected chi connectivity index (χ2v) is 9.99. The number of nitrogens with zero attached hydrogens (tertiary/aromatic N) is 2. The zero-order valence-corrected chi connectivity index (χ0v) is 21.1. The summed E-state index contributed by atoms with van der Waals surface area (Å²) in [6.07, 6.45) is 4.54. The molecule has 2 aliphatic heterocycles. The number of hydrogen-bond donors (Lipinski definition) is 2. The molecule has 0 saturated carbocycles. The number of ether oxygens (including phenoxy) is 2. The molecule has 2 unspecified atom stereocenters. The van der Waals surface area contributed by atoms with Gasteiger partial charge in [-0.3, -0.25) is 0 Å². The lowest BCUT2D eigenvalue weighted by Gasteiger charge is -2.44. The first-order chi connectivity index (χ1) is 17.4. The van der Waals surface area contributed by atoms with Crippen LogP contribution in [0.2, 0.25) is 0 Å². The maximum absolute atomic E-state index is 13.4. The van der Waals surface area contributed by atoms with Gasteiger partial charge < -0.3 is 30.1 Å². The Labute approximate surface area is 213 Å². The molecular formula is C28H38FN3O4. The number of carbonyl (C=O) groups is 1. The van der Waals surface area contributed by atoms with Crippen LogP contribution in [-0.2, 0) is 10.3 Å². The molecule has 2 fully saturated rings. The summed E-state index contributed by atoms with van der Waals surface area (Å²) in [7, 11) is 1.67. The Balaban J connectivity index is 1.60. The second kappa shape index (κ2) is 12.0. The summed E-state index contributed by atoms with van der Waals surface area (Å²) in [5, 5.41) is 12.4. The Bertz CT molecular complexity index is 1000. The minimum atomic E-state index is -1.20.